The van der Waals surface area contributed by atoms with Gasteiger partial charge in [0.2, 0.25) is 0 Å². The van der Waals surface area contributed by atoms with Crippen LogP contribution in [0.25, 0.3) is 16.9 Å². The summed E-state index contributed by atoms with van der Waals surface area (Å²) < 4.78 is 12.1. The third kappa shape index (κ3) is 4.34. The van der Waals surface area contributed by atoms with Gasteiger partial charge in [0.15, 0.2) is 0 Å². The van der Waals surface area contributed by atoms with Crippen LogP contribution in [0.5, 0.6) is 11.5 Å². The van der Waals surface area contributed by atoms with Gasteiger partial charge in [-0.3, -0.25) is 4.79 Å². The zero-order valence-corrected chi connectivity index (χ0v) is 16.4. The maximum absolute atomic E-state index is 12.8. The quantitative estimate of drug-likeness (QED) is 0.599. The Kier molecular flexibility index (Phi) is 6.32. The Bertz CT molecular complexity index is 915. The van der Waals surface area contributed by atoms with Gasteiger partial charge in [-0.1, -0.05) is 13.3 Å². The summed E-state index contributed by atoms with van der Waals surface area (Å²) in [5, 5.41) is 7.66. The van der Waals surface area contributed by atoms with Gasteiger partial charge < -0.3 is 14.8 Å². The van der Waals surface area contributed by atoms with Gasteiger partial charge in [-0.25, -0.2) is 4.68 Å². The first-order valence-electron chi connectivity index (χ1n) is 9.33. The van der Waals surface area contributed by atoms with E-state index >= 15 is 0 Å². The maximum Gasteiger partial charge on any atom is 0.270 e. The van der Waals surface area contributed by atoms with Crippen LogP contribution < -0.4 is 14.8 Å². The first-order valence-corrected chi connectivity index (χ1v) is 9.33. The van der Waals surface area contributed by atoms with Crippen molar-refractivity contribution in [2.75, 3.05) is 20.8 Å². The molecule has 1 heterocycles. The van der Waals surface area contributed by atoms with Crippen LogP contribution in [0.3, 0.4) is 0 Å². The minimum Gasteiger partial charge on any atom is -0.497 e. The molecule has 0 spiro atoms. The van der Waals surface area contributed by atoms with E-state index in [4.69, 9.17) is 9.47 Å². The molecule has 2 aromatic carbocycles. The highest BCUT2D eigenvalue weighted by atomic mass is 16.5. The van der Waals surface area contributed by atoms with Gasteiger partial charge in [0, 0.05) is 12.1 Å². The van der Waals surface area contributed by atoms with Crippen LogP contribution in [0.4, 0.5) is 0 Å². The third-order valence-corrected chi connectivity index (χ3v) is 4.46. The number of unbranched alkanes of at least 4 members (excludes halogenated alkanes) is 1. The van der Waals surface area contributed by atoms with Crippen LogP contribution in [0.2, 0.25) is 0 Å². The molecule has 0 bridgehead atoms. The van der Waals surface area contributed by atoms with Crippen LogP contribution >= 0.6 is 0 Å². The predicted molar refractivity (Wildman–Crippen MR) is 109 cm³/mol. The van der Waals surface area contributed by atoms with Gasteiger partial charge in [-0.15, -0.1) is 0 Å². The molecule has 0 saturated carbocycles. The molecule has 28 heavy (non-hydrogen) atoms. The number of hydrogen-bond acceptors (Lipinski definition) is 4. The van der Waals surface area contributed by atoms with E-state index in [0.29, 0.717) is 12.2 Å². The van der Waals surface area contributed by atoms with Gasteiger partial charge in [-0.05, 0) is 61.0 Å². The molecular formula is C22H25N3O3. The average molecular weight is 379 g/mol. The van der Waals surface area contributed by atoms with Crippen molar-refractivity contribution < 1.29 is 14.3 Å². The van der Waals surface area contributed by atoms with Crippen molar-refractivity contribution in [1.82, 2.24) is 15.1 Å². The largest absolute Gasteiger partial charge is 0.497 e. The topological polar surface area (TPSA) is 65.4 Å². The number of nitrogens with zero attached hydrogens (tertiary/aromatic N) is 2. The molecule has 3 rings (SSSR count). The van der Waals surface area contributed by atoms with E-state index in [2.05, 4.69) is 17.3 Å². The molecule has 3 aromatic rings. The Morgan fingerprint density at radius 2 is 1.61 bits per heavy atom. The molecule has 0 aliphatic rings. The molecule has 1 N–H and O–H groups in total. The molecule has 0 aliphatic heterocycles. The summed E-state index contributed by atoms with van der Waals surface area (Å²) in [6.45, 7) is 2.73. The van der Waals surface area contributed by atoms with Crippen LogP contribution in [-0.4, -0.2) is 36.5 Å². The SMILES string of the molecule is CCCCNC(=O)c1cc(-c2ccc(OC)cc2)nn1-c1ccc(OC)cc1. The summed E-state index contributed by atoms with van der Waals surface area (Å²) in [5.74, 6) is 1.38. The van der Waals surface area contributed by atoms with E-state index in [-0.39, 0.29) is 5.91 Å². The van der Waals surface area contributed by atoms with Crippen molar-refractivity contribution in [3.8, 4) is 28.4 Å². The van der Waals surface area contributed by atoms with E-state index in [1.165, 1.54) is 0 Å². The Morgan fingerprint density at radius 1 is 1.00 bits per heavy atom. The molecule has 0 aliphatic carbocycles. The van der Waals surface area contributed by atoms with Crippen molar-refractivity contribution in [3.05, 3.63) is 60.3 Å². The highest BCUT2D eigenvalue weighted by Crippen LogP contribution is 2.25. The second-order valence-electron chi connectivity index (χ2n) is 6.36. The molecule has 0 atom stereocenters. The highest BCUT2D eigenvalue weighted by Gasteiger charge is 2.17. The summed E-state index contributed by atoms with van der Waals surface area (Å²) in [4.78, 5) is 12.8. The summed E-state index contributed by atoms with van der Waals surface area (Å²) in [6, 6.07) is 16.9. The number of amides is 1. The third-order valence-electron chi connectivity index (χ3n) is 4.46. The van der Waals surface area contributed by atoms with Crippen molar-refractivity contribution in [3.63, 3.8) is 0 Å². The minimum absolute atomic E-state index is 0.142. The van der Waals surface area contributed by atoms with Crippen LogP contribution in [0.1, 0.15) is 30.3 Å². The van der Waals surface area contributed by atoms with Crippen molar-refractivity contribution >= 4 is 5.91 Å². The lowest BCUT2D eigenvalue weighted by atomic mass is 10.1. The lowest BCUT2D eigenvalue weighted by Gasteiger charge is -2.09. The molecule has 6 nitrogen and oxygen atoms in total. The smallest absolute Gasteiger partial charge is 0.270 e. The standard InChI is InChI=1S/C22H25N3O3/c1-4-5-14-23-22(26)21-15-20(16-6-10-18(27-2)11-7-16)24-25(21)17-8-12-19(28-3)13-9-17/h6-13,15H,4-5,14H2,1-3H3,(H,23,26). The van der Waals surface area contributed by atoms with Crippen molar-refractivity contribution in [2.24, 2.45) is 0 Å². The number of rotatable bonds is 8. The number of hydrogen-bond donors (Lipinski definition) is 1. The number of carbonyl (C=O) groups excluding carboxylic acids is 1. The molecule has 6 heteroatoms. The lowest BCUT2D eigenvalue weighted by molar-refractivity contribution is 0.0945. The molecule has 146 valence electrons. The second kappa shape index (κ2) is 9.08. The Balaban J connectivity index is 1.98. The van der Waals surface area contributed by atoms with Crippen LogP contribution in [-0.2, 0) is 0 Å². The summed E-state index contributed by atoms with van der Waals surface area (Å²) in [6.07, 6.45) is 1.96. The molecule has 1 amide bonds. The van der Waals surface area contributed by atoms with Gasteiger partial charge in [0.1, 0.15) is 17.2 Å². The Hall–Kier alpha value is -3.28. The highest BCUT2D eigenvalue weighted by molar-refractivity contribution is 5.94. The fraction of sp³-hybridized carbons (Fsp3) is 0.273. The zero-order chi connectivity index (χ0) is 19.9. The molecule has 0 radical (unpaired) electrons. The van der Waals surface area contributed by atoms with Crippen LogP contribution in [0.15, 0.2) is 54.6 Å². The Morgan fingerprint density at radius 3 is 2.18 bits per heavy atom. The monoisotopic (exact) mass is 379 g/mol. The fourth-order valence-corrected chi connectivity index (χ4v) is 2.84. The van der Waals surface area contributed by atoms with Crippen molar-refractivity contribution in [1.29, 1.82) is 0 Å². The van der Waals surface area contributed by atoms with E-state index in [0.717, 1.165) is 41.3 Å². The number of aromatic nitrogens is 2. The zero-order valence-electron chi connectivity index (χ0n) is 16.4. The lowest BCUT2D eigenvalue weighted by Crippen LogP contribution is -2.26. The number of methoxy groups -OCH3 is 2. The average Bonchev–Trinajstić information content (AvgIpc) is 3.19. The minimum atomic E-state index is -0.142. The maximum atomic E-state index is 12.8. The molecule has 0 fully saturated rings. The summed E-state index contributed by atoms with van der Waals surface area (Å²) in [5.41, 5.74) is 2.92. The Labute approximate surface area is 165 Å². The summed E-state index contributed by atoms with van der Waals surface area (Å²) in [7, 11) is 3.25. The number of nitrogens with one attached hydrogen (secondary N) is 1. The first kappa shape index (κ1) is 19.5. The molecule has 0 unspecified atom stereocenters. The van der Waals surface area contributed by atoms with Gasteiger partial charge >= 0.3 is 0 Å². The number of benzene rings is 2. The molecular weight excluding hydrogens is 354 g/mol. The fourth-order valence-electron chi connectivity index (χ4n) is 2.84. The number of carbonyl (C=O) groups is 1. The van der Waals surface area contributed by atoms with Gasteiger partial charge in [-0.2, -0.15) is 5.10 Å². The molecule has 0 saturated heterocycles. The normalized spacial score (nSPS) is 10.5. The van der Waals surface area contributed by atoms with E-state index in [1.54, 1.807) is 18.9 Å². The number of ether oxygens (including phenoxy) is 2. The first-order chi connectivity index (χ1) is 13.7. The van der Waals surface area contributed by atoms with Crippen LogP contribution in [0, 0.1) is 0 Å². The van der Waals surface area contributed by atoms with E-state index in [1.807, 2.05) is 54.6 Å². The second-order valence-corrected chi connectivity index (χ2v) is 6.36. The van der Waals surface area contributed by atoms with Gasteiger partial charge in [0.05, 0.1) is 25.6 Å². The van der Waals surface area contributed by atoms with E-state index in [9.17, 15) is 4.79 Å². The summed E-state index contributed by atoms with van der Waals surface area (Å²) >= 11 is 0. The van der Waals surface area contributed by atoms with E-state index < -0.39 is 0 Å². The van der Waals surface area contributed by atoms with Crippen molar-refractivity contribution in [2.45, 2.75) is 19.8 Å². The van der Waals surface area contributed by atoms with Gasteiger partial charge in [0.25, 0.3) is 5.91 Å². The molecule has 1 aromatic heterocycles. The predicted octanol–water partition coefficient (Wildman–Crippen LogP) is 4.09.